The van der Waals surface area contributed by atoms with Crippen molar-refractivity contribution in [3.8, 4) is 0 Å². The van der Waals surface area contributed by atoms with Crippen molar-refractivity contribution in [2.24, 2.45) is 0 Å². The maximum absolute atomic E-state index is 13.0. The lowest BCUT2D eigenvalue weighted by atomic mass is 9.83. The second kappa shape index (κ2) is 9.75. The van der Waals surface area contributed by atoms with Gasteiger partial charge >= 0.3 is 6.09 Å². The minimum absolute atomic E-state index is 0.0931. The molecule has 1 aliphatic rings. The number of benzene rings is 1. The number of hydrogen-bond acceptors (Lipinski definition) is 2. The van der Waals surface area contributed by atoms with Crippen molar-refractivity contribution in [3.05, 3.63) is 84.5 Å². The van der Waals surface area contributed by atoms with Gasteiger partial charge in [-0.15, -0.1) is 0 Å². The summed E-state index contributed by atoms with van der Waals surface area (Å²) in [7, 11) is 0. The summed E-state index contributed by atoms with van der Waals surface area (Å²) in [6, 6.07) is 9.89. The van der Waals surface area contributed by atoms with Gasteiger partial charge in [0.2, 0.25) is 0 Å². The molecule has 3 nitrogen and oxygen atoms in total. The first-order chi connectivity index (χ1) is 12.9. The lowest BCUT2D eigenvalue weighted by molar-refractivity contribution is -0.0570. The lowest BCUT2D eigenvalue weighted by Gasteiger charge is -2.44. The average Bonchev–Trinajstić information content (AvgIpc) is 2.65. The average molecular weight is 430 g/mol. The molecule has 1 saturated heterocycles. The summed E-state index contributed by atoms with van der Waals surface area (Å²) in [5, 5.41) is 0.758. The fourth-order valence-corrected chi connectivity index (χ4v) is 3.70. The maximum Gasteiger partial charge on any atom is 0.411 e. The van der Waals surface area contributed by atoms with E-state index in [0.717, 1.165) is 28.5 Å². The predicted octanol–water partition coefficient (Wildman–Crippen LogP) is 6.14. The quantitative estimate of drug-likeness (QED) is 0.282. The van der Waals surface area contributed by atoms with Gasteiger partial charge in [-0.3, -0.25) is 0 Å². The van der Waals surface area contributed by atoms with Gasteiger partial charge in [0.05, 0.1) is 6.04 Å². The summed E-state index contributed by atoms with van der Waals surface area (Å²) in [5.41, 5.74) is 2.40. The second-order valence-electron chi connectivity index (χ2n) is 6.94. The van der Waals surface area contributed by atoms with Gasteiger partial charge in [0.15, 0.2) is 0 Å². The molecule has 1 aliphatic heterocycles. The zero-order valence-corrected chi connectivity index (χ0v) is 17.7. The number of carbonyl (C=O) groups is 1. The van der Waals surface area contributed by atoms with Crippen LogP contribution < -0.4 is 0 Å². The Labute approximate surface area is 171 Å². The van der Waals surface area contributed by atoms with Crippen molar-refractivity contribution < 1.29 is 9.53 Å². The molecule has 1 fully saturated rings. The number of ether oxygens (including phenoxy) is 1. The molecule has 1 amide bonds. The van der Waals surface area contributed by atoms with E-state index in [0.29, 0.717) is 13.0 Å². The Kier molecular flexibility index (Phi) is 7.66. The van der Waals surface area contributed by atoms with Crippen molar-refractivity contribution in [1.82, 2.24) is 4.90 Å². The summed E-state index contributed by atoms with van der Waals surface area (Å²) in [5.74, 6) is 0. The van der Waals surface area contributed by atoms with Crippen molar-refractivity contribution in [1.29, 1.82) is 0 Å². The fourth-order valence-electron chi connectivity index (χ4n) is 3.51. The van der Waals surface area contributed by atoms with Gasteiger partial charge in [-0.05, 0) is 25.0 Å². The van der Waals surface area contributed by atoms with E-state index in [1.165, 1.54) is 0 Å². The van der Waals surface area contributed by atoms with Crippen LogP contribution >= 0.6 is 15.9 Å². The van der Waals surface area contributed by atoms with Crippen LogP contribution in [0.5, 0.6) is 0 Å². The predicted molar refractivity (Wildman–Crippen MR) is 116 cm³/mol. The zero-order valence-electron chi connectivity index (χ0n) is 16.2. The van der Waals surface area contributed by atoms with Crippen molar-refractivity contribution in [3.63, 3.8) is 0 Å². The third kappa shape index (κ3) is 5.23. The highest BCUT2D eigenvalue weighted by Gasteiger charge is 2.43. The van der Waals surface area contributed by atoms with E-state index in [1.807, 2.05) is 62.4 Å². The molecular formula is C23H28BrNO2. The Morgan fingerprint density at radius 2 is 2.11 bits per heavy atom. The van der Waals surface area contributed by atoms with Gasteiger partial charge in [-0.1, -0.05) is 89.3 Å². The van der Waals surface area contributed by atoms with Crippen LogP contribution in [-0.2, 0) is 10.3 Å². The van der Waals surface area contributed by atoms with Crippen LogP contribution in [0, 0.1) is 0 Å². The minimum atomic E-state index is -0.644. The lowest BCUT2D eigenvalue weighted by Crippen LogP contribution is -2.51. The molecule has 27 heavy (non-hydrogen) atoms. The molecule has 0 N–H and O–H groups in total. The van der Waals surface area contributed by atoms with Crippen molar-refractivity contribution >= 4 is 22.0 Å². The minimum Gasteiger partial charge on any atom is -0.437 e. The molecule has 0 unspecified atom stereocenters. The standard InChI is InChI=1S/C23H28BrNO2/c1-5-10-20(11-9-15-24)19(4)25-16-14-23(17-18(2)3,27-22(25)26)21-12-7-6-8-13-21/h5-13,19H,1-2,14-17H2,3-4H3/b11-9-,20-10+/t19-,23-/m0/s1. The molecule has 0 aliphatic carbocycles. The summed E-state index contributed by atoms with van der Waals surface area (Å²) >= 11 is 3.40. The first kappa shape index (κ1) is 21.2. The van der Waals surface area contributed by atoms with E-state index >= 15 is 0 Å². The normalized spacial score (nSPS) is 21.8. The molecule has 1 heterocycles. The van der Waals surface area contributed by atoms with Crippen LogP contribution in [0.15, 0.2) is 78.9 Å². The topological polar surface area (TPSA) is 29.5 Å². The number of halogens is 1. The van der Waals surface area contributed by atoms with Gasteiger partial charge in [0.1, 0.15) is 5.60 Å². The molecule has 0 aromatic heterocycles. The molecule has 2 atom stereocenters. The van der Waals surface area contributed by atoms with Crippen molar-refractivity contribution in [2.45, 2.75) is 38.3 Å². The van der Waals surface area contributed by atoms with E-state index in [1.54, 1.807) is 11.0 Å². The maximum atomic E-state index is 13.0. The Hall–Kier alpha value is -2.07. The molecule has 1 aromatic carbocycles. The van der Waals surface area contributed by atoms with Gasteiger partial charge in [-0.2, -0.15) is 0 Å². The van der Waals surface area contributed by atoms with E-state index in [4.69, 9.17) is 4.74 Å². The number of hydrogen-bond donors (Lipinski definition) is 0. The number of allylic oxidation sites excluding steroid dienone is 3. The van der Waals surface area contributed by atoms with Crippen LogP contribution in [0.3, 0.4) is 0 Å². The van der Waals surface area contributed by atoms with E-state index in [-0.39, 0.29) is 12.1 Å². The monoisotopic (exact) mass is 429 g/mol. The highest BCUT2D eigenvalue weighted by molar-refractivity contribution is 9.09. The molecule has 0 spiro atoms. The van der Waals surface area contributed by atoms with Gasteiger partial charge in [-0.25, -0.2) is 4.79 Å². The molecule has 4 heteroatoms. The Balaban J connectivity index is 2.27. The third-order valence-corrected chi connectivity index (χ3v) is 5.19. The summed E-state index contributed by atoms with van der Waals surface area (Å²) in [6.07, 6.45) is 8.77. The van der Waals surface area contributed by atoms with Crippen LogP contribution in [-0.4, -0.2) is 28.9 Å². The zero-order chi connectivity index (χ0) is 19.9. The number of rotatable bonds is 8. The smallest absolute Gasteiger partial charge is 0.411 e. The molecule has 2 rings (SSSR count). The Bertz CT molecular complexity index is 738. The summed E-state index contributed by atoms with van der Waals surface area (Å²) in [4.78, 5) is 14.8. The van der Waals surface area contributed by atoms with Gasteiger partial charge in [0.25, 0.3) is 0 Å². The fraction of sp³-hybridized carbons (Fsp3) is 0.348. The number of carbonyl (C=O) groups excluding carboxylic acids is 1. The third-order valence-electron chi connectivity index (χ3n) is 4.82. The summed E-state index contributed by atoms with van der Waals surface area (Å²) < 4.78 is 6.08. The van der Waals surface area contributed by atoms with Crippen LogP contribution in [0.4, 0.5) is 4.79 Å². The second-order valence-corrected chi connectivity index (χ2v) is 7.59. The largest absolute Gasteiger partial charge is 0.437 e. The van der Waals surface area contributed by atoms with Crippen LogP contribution in [0.2, 0.25) is 0 Å². The molecule has 0 bridgehead atoms. The van der Waals surface area contributed by atoms with E-state index < -0.39 is 5.60 Å². The first-order valence-corrected chi connectivity index (χ1v) is 10.3. The Morgan fingerprint density at radius 1 is 1.41 bits per heavy atom. The Morgan fingerprint density at radius 3 is 2.67 bits per heavy atom. The SMILES string of the molecule is C=C/C=C(\C=C/CBr)[C@H](C)N1CC[C@](CC(=C)C)(c2ccccc2)OC1=O. The van der Waals surface area contributed by atoms with E-state index in [9.17, 15) is 4.79 Å². The molecule has 0 saturated carbocycles. The van der Waals surface area contributed by atoms with Gasteiger partial charge in [0, 0.05) is 24.7 Å². The number of nitrogens with zero attached hydrogens (tertiary/aromatic N) is 1. The number of amides is 1. The molecule has 1 aromatic rings. The molecular weight excluding hydrogens is 402 g/mol. The number of cyclic esters (lactones) is 1. The summed E-state index contributed by atoms with van der Waals surface area (Å²) in [6.45, 7) is 12.4. The van der Waals surface area contributed by atoms with Crippen molar-refractivity contribution in [2.75, 3.05) is 11.9 Å². The molecule has 144 valence electrons. The number of alkyl halides is 1. The highest BCUT2D eigenvalue weighted by atomic mass is 79.9. The van der Waals surface area contributed by atoms with Gasteiger partial charge < -0.3 is 9.64 Å². The molecule has 0 radical (unpaired) electrons. The highest BCUT2D eigenvalue weighted by Crippen LogP contribution is 2.40. The van der Waals surface area contributed by atoms with Crippen LogP contribution in [0.1, 0.15) is 32.3 Å². The van der Waals surface area contributed by atoms with E-state index in [2.05, 4.69) is 29.1 Å². The van der Waals surface area contributed by atoms with Crippen LogP contribution in [0.25, 0.3) is 0 Å². The first-order valence-electron chi connectivity index (χ1n) is 9.18.